The van der Waals surface area contributed by atoms with E-state index in [0.29, 0.717) is 4.47 Å². The number of hydrogen-bond donors (Lipinski definition) is 2. The molecule has 116 valence electrons. The highest BCUT2D eigenvalue weighted by molar-refractivity contribution is 9.10. The van der Waals surface area contributed by atoms with E-state index in [1.807, 2.05) is 0 Å². The molecule has 1 amide bonds. The van der Waals surface area contributed by atoms with Gasteiger partial charge in [0, 0.05) is 23.5 Å². The molecule has 0 aromatic heterocycles. The number of rotatable bonds is 7. The van der Waals surface area contributed by atoms with Crippen molar-refractivity contribution in [2.45, 2.75) is 17.7 Å². The Morgan fingerprint density at radius 1 is 1.38 bits per heavy atom. The monoisotopic (exact) mass is 376 g/mol. The highest BCUT2D eigenvalue weighted by atomic mass is 79.9. The Morgan fingerprint density at radius 2 is 2.10 bits per heavy atom. The summed E-state index contributed by atoms with van der Waals surface area (Å²) in [7, 11) is -2.27. The SMILES string of the molecule is COc1ccc(Br)cc1S(=O)(=O)NCCNC(=O)C1CC1. The lowest BCUT2D eigenvalue weighted by molar-refractivity contribution is -0.122. The third-order valence-electron chi connectivity index (χ3n) is 3.08. The average molecular weight is 377 g/mol. The largest absolute Gasteiger partial charge is 0.495 e. The summed E-state index contributed by atoms with van der Waals surface area (Å²) in [6, 6.07) is 4.76. The van der Waals surface area contributed by atoms with Gasteiger partial charge in [0.15, 0.2) is 0 Å². The Kier molecular flexibility index (Phi) is 5.23. The van der Waals surface area contributed by atoms with Crippen molar-refractivity contribution in [3.63, 3.8) is 0 Å². The second-order valence-electron chi connectivity index (χ2n) is 4.76. The summed E-state index contributed by atoms with van der Waals surface area (Å²) in [4.78, 5) is 11.5. The van der Waals surface area contributed by atoms with Crippen molar-refractivity contribution in [1.82, 2.24) is 10.0 Å². The molecule has 2 rings (SSSR count). The van der Waals surface area contributed by atoms with Gasteiger partial charge in [-0.25, -0.2) is 13.1 Å². The van der Waals surface area contributed by atoms with E-state index in [1.165, 1.54) is 13.2 Å². The first-order chi connectivity index (χ1) is 9.94. The lowest BCUT2D eigenvalue weighted by Crippen LogP contribution is -2.35. The van der Waals surface area contributed by atoms with Crippen LogP contribution in [0.1, 0.15) is 12.8 Å². The highest BCUT2D eigenvalue weighted by Gasteiger charge is 2.29. The molecule has 1 aromatic rings. The van der Waals surface area contributed by atoms with E-state index in [9.17, 15) is 13.2 Å². The molecule has 1 saturated carbocycles. The van der Waals surface area contributed by atoms with Crippen molar-refractivity contribution in [1.29, 1.82) is 0 Å². The number of carbonyl (C=O) groups excluding carboxylic acids is 1. The maximum atomic E-state index is 12.2. The predicted octanol–water partition coefficient (Wildman–Crippen LogP) is 1.26. The normalized spacial score (nSPS) is 14.8. The van der Waals surface area contributed by atoms with Crippen LogP contribution in [0.25, 0.3) is 0 Å². The molecular weight excluding hydrogens is 360 g/mol. The summed E-state index contributed by atoms with van der Waals surface area (Å²) < 4.78 is 32.6. The minimum absolute atomic E-state index is 0.00534. The number of nitrogens with one attached hydrogen (secondary N) is 2. The number of sulfonamides is 1. The molecule has 0 spiro atoms. The first-order valence-corrected chi connectivity index (χ1v) is 8.82. The van der Waals surface area contributed by atoms with Crippen LogP contribution < -0.4 is 14.8 Å². The van der Waals surface area contributed by atoms with Gasteiger partial charge in [-0.1, -0.05) is 15.9 Å². The van der Waals surface area contributed by atoms with E-state index in [1.54, 1.807) is 12.1 Å². The molecule has 1 fully saturated rings. The van der Waals surface area contributed by atoms with E-state index in [0.717, 1.165) is 12.8 Å². The van der Waals surface area contributed by atoms with Gasteiger partial charge in [-0.15, -0.1) is 0 Å². The average Bonchev–Trinajstić information content (AvgIpc) is 3.28. The number of benzene rings is 1. The summed E-state index contributed by atoms with van der Waals surface area (Å²) >= 11 is 3.24. The van der Waals surface area contributed by atoms with Crippen LogP contribution in [-0.2, 0) is 14.8 Å². The van der Waals surface area contributed by atoms with Crippen LogP contribution in [0.3, 0.4) is 0 Å². The van der Waals surface area contributed by atoms with Gasteiger partial charge in [-0.05, 0) is 31.0 Å². The molecule has 1 aliphatic rings. The van der Waals surface area contributed by atoms with Crippen molar-refractivity contribution in [2.24, 2.45) is 5.92 Å². The van der Waals surface area contributed by atoms with Crippen LogP contribution >= 0.6 is 15.9 Å². The summed E-state index contributed by atoms with van der Waals surface area (Å²) in [6.07, 6.45) is 1.85. The van der Waals surface area contributed by atoms with E-state index in [4.69, 9.17) is 4.74 Å². The van der Waals surface area contributed by atoms with Gasteiger partial charge in [-0.3, -0.25) is 4.79 Å². The van der Waals surface area contributed by atoms with Gasteiger partial charge in [0.05, 0.1) is 7.11 Å². The third kappa shape index (κ3) is 4.42. The van der Waals surface area contributed by atoms with Crippen LogP contribution in [0.15, 0.2) is 27.6 Å². The Hall–Kier alpha value is -1.12. The van der Waals surface area contributed by atoms with Crippen LogP contribution in [0.2, 0.25) is 0 Å². The fraction of sp³-hybridized carbons (Fsp3) is 0.462. The fourth-order valence-electron chi connectivity index (χ4n) is 1.80. The zero-order chi connectivity index (χ0) is 15.5. The molecule has 2 N–H and O–H groups in total. The molecule has 8 heteroatoms. The van der Waals surface area contributed by atoms with E-state index in [2.05, 4.69) is 26.0 Å². The van der Waals surface area contributed by atoms with Gasteiger partial charge in [0.2, 0.25) is 15.9 Å². The first-order valence-electron chi connectivity index (χ1n) is 6.55. The molecule has 0 saturated heterocycles. The Balaban J connectivity index is 1.94. The number of methoxy groups -OCH3 is 1. The smallest absolute Gasteiger partial charge is 0.244 e. The van der Waals surface area contributed by atoms with Crippen molar-refractivity contribution in [3.8, 4) is 5.75 Å². The second-order valence-corrected chi connectivity index (χ2v) is 7.41. The number of carbonyl (C=O) groups is 1. The van der Waals surface area contributed by atoms with Crippen LogP contribution in [-0.4, -0.2) is 34.5 Å². The fourth-order valence-corrected chi connectivity index (χ4v) is 3.54. The number of amides is 1. The van der Waals surface area contributed by atoms with Crippen LogP contribution in [0.5, 0.6) is 5.75 Å². The minimum Gasteiger partial charge on any atom is -0.495 e. The minimum atomic E-state index is -3.68. The second kappa shape index (κ2) is 6.76. The number of ether oxygens (including phenoxy) is 1. The van der Waals surface area contributed by atoms with Crippen molar-refractivity contribution < 1.29 is 17.9 Å². The standard InChI is InChI=1S/C13H17BrN2O4S/c1-20-11-5-4-10(14)8-12(11)21(18,19)16-7-6-15-13(17)9-2-3-9/h4-5,8-9,16H,2-3,6-7H2,1H3,(H,15,17). The summed E-state index contributed by atoms with van der Waals surface area (Å²) in [5.74, 6) is 0.383. The molecule has 1 aliphatic carbocycles. The highest BCUT2D eigenvalue weighted by Crippen LogP contribution is 2.28. The molecule has 0 unspecified atom stereocenters. The van der Waals surface area contributed by atoms with Gasteiger partial charge in [0.1, 0.15) is 10.6 Å². The van der Waals surface area contributed by atoms with Crippen molar-refractivity contribution in [3.05, 3.63) is 22.7 Å². The number of hydrogen-bond acceptors (Lipinski definition) is 4. The van der Waals surface area contributed by atoms with E-state index >= 15 is 0 Å². The first kappa shape index (κ1) is 16.3. The Labute approximate surface area is 132 Å². The van der Waals surface area contributed by atoms with E-state index < -0.39 is 10.0 Å². The van der Waals surface area contributed by atoms with Crippen molar-refractivity contribution in [2.75, 3.05) is 20.2 Å². The molecule has 21 heavy (non-hydrogen) atoms. The molecule has 0 heterocycles. The number of halogens is 1. The van der Waals surface area contributed by atoms with Crippen LogP contribution in [0, 0.1) is 5.92 Å². The zero-order valence-electron chi connectivity index (χ0n) is 11.6. The van der Waals surface area contributed by atoms with Gasteiger partial charge >= 0.3 is 0 Å². The molecule has 0 aliphatic heterocycles. The molecule has 0 bridgehead atoms. The Bertz CT molecular complexity index is 629. The Morgan fingerprint density at radius 3 is 2.71 bits per heavy atom. The third-order valence-corrected chi connectivity index (χ3v) is 5.06. The molecule has 6 nitrogen and oxygen atoms in total. The topological polar surface area (TPSA) is 84.5 Å². The van der Waals surface area contributed by atoms with Crippen molar-refractivity contribution >= 4 is 31.9 Å². The zero-order valence-corrected chi connectivity index (χ0v) is 14.0. The maximum Gasteiger partial charge on any atom is 0.244 e. The lowest BCUT2D eigenvalue weighted by Gasteiger charge is -2.11. The van der Waals surface area contributed by atoms with Gasteiger partial charge < -0.3 is 10.1 Å². The molecule has 0 radical (unpaired) electrons. The quantitative estimate of drug-likeness (QED) is 0.701. The van der Waals surface area contributed by atoms with Gasteiger partial charge in [-0.2, -0.15) is 0 Å². The summed E-state index contributed by atoms with van der Waals surface area (Å²) in [5, 5.41) is 2.70. The molecular formula is C13H17BrN2O4S. The summed E-state index contributed by atoms with van der Waals surface area (Å²) in [5.41, 5.74) is 0. The molecule has 0 atom stereocenters. The summed E-state index contributed by atoms with van der Waals surface area (Å²) in [6.45, 7) is 0.404. The van der Waals surface area contributed by atoms with Crippen LogP contribution in [0.4, 0.5) is 0 Å². The predicted molar refractivity (Wildman–Crippen MR) is 81.6 cm³/mol. The van der Waals surface area contributed by atoms with E-state index in [-0.39, 0.29) is 35.6 Å². The maximum absolute atomic E-state index is 12.2. The van der Waals surface area contributed by atoms with Gasteiger partial charge in [0.25, 0.3) is 0 Å². The lowest BCUT2D eigenvalue weighted by atomic mass is 10.3. The molecule has 1 aromatic carbocycles.